The molecule has 3 fully saturated rings. The summed E-state index contributed by atoms with van der Waals surface area (Å²) in [6.45, 7) is 10.9. The molecule has 2 saturated carbocycles. The molecule has 3 rings (SSSR count). The molecule has 1 heterocycles. The molecule has 0 aromatic rings. The Morgan fingerprint density at radius 3 is 2.46 bits per heavy atom. The van der Waals surface area contributed by atoms with E-state index in [1.54, 1.807) is 19.9 Å². The molecule has 7 unspecified atom stereocenters. The first kappa shape index (κ1) is 19.4. The third-order valence-corrected chi connectivity index (χ3v) is 9.11. The maximum Gasteiger partial charge on any atom is 0.325 e. The molecule has 8 heteroatoms. The number of allylic oxidation sites excluding steroid dienone is 1. The second-order valence-corrected chi connectivity index (χ2v) is 9.89. The first-order chi connectivity index (χ1) is 11.9. The van der Waals surface area contributed by atoms with Gasteiger partial charge in [0.15, 0.2) is 0 Å². The SMILES string of the molecule is C/C=C(\C)C(=O)NCC(=O)OC1C2C3C(C)C1(C)C(C)C3(C)OS2(=O)=O. The average Bonchev–Trinajstić information content (AvgIpc) is 2.97. The Morgan fingerprint density at radius 1 is 1.27 bits per heavy atom. The van der Waals surface area contributed by atoms with Gasteiger partial charge in [0, 0.05) is 16.9 Å². The Labute approximate surface area is 154 Å². The summed E-state index contributed by atoms with van der Waals surface area (Å²) in [5.74, 6) is -1.23. The number of carbonyl (C=O) groups excluding carboxylic acids is 2. The number of hydrogen-bond donors (Lipinski definition) is 1. The van der Waals surface area contributed by atoms with Crippen molar-refractivity contribution in [3.63, 3.8) is 0 Å². The van der Waals surface area contributed by atoms with Crippen molar-refractivity contribution in [2.24, 2.45) is 23.2 Å². The van der Waals surface area contributed by atoms with Crippen molar-refractivity contribution in [1.29, 1.82) is 0 Å². The van der Waals surface area contributed by atoms with E-state index in [-0.39, 0.29) is 30.2 Å². The first-order valence-corrected chi connectivity index (χ1v) is 10.4. The van der Waals surface area contributed by atoms with Gasteiger partial charge in [-0.05, 0) is 32.6 Å². The van der Waals surface area contributed by atoms with E-state index in [9.17, 15) is 18.0 Å². The Bertz CT molecular complexity index is 790. The Kier molecular flexibility index (Phi) is 4.31. The van der Waals surface area contributed by atoms with Gasteiger partial charge in [-0.25, -0.2) is 0 Å². The molecule has 2 aliphatic carbocycles. The summed E-state index contributed by atoms with van der Waals surface area (Å²) in [6.07, 6.45) is 0.870. The van der Waals surface area contributed by atoms with Crippen LogP contribution in [0.15, 0.2) is 11.6 Å². The molecule has 0 aromatic carbocycles. The van der Waals surface area contributed by atoms with E-state index < -0.39 is 38.5 Å². The van der Waals surface area contributed by atoms with Crippen molar-refractivity contribution in [2.45, 2.75) is 58.5 Å². The van der Waals surface area contributed by atoms with Crippen molar-refractivity contribution in [2.75, 3.05) is 6.54 Å². The molecular weight excluding hydrogens is 358 g/mol. The molecule has 0 aromatic heterocycles. The fourth-order valence-electron chi connectivity index (χ4n) is 5.41. The molecule has 0 radical (unpaired) electrons. The number of amides is 1. The molecule has 146 valence electrons. The maximum absolute atomic E-state index is 12.6. The topological polar surface area (TPSA) is 98.8 Å². The lowest BCUT2D eigenvalue weighted by Gasteiger charge is -2.42. The Morgan fingerprint density at radius 2 is 1.88 bits per heavy atom. The molecule has 7 atom stereocenters. The molecule has 1 N–H and O–H groups in total. The summed E-state index contributed by atoms with van der Waals surface area (Å²) in [4.78, 5) is 24.1. The number of hydrogen-bond acceptors (Lipinski definition) is 6. The van der Waals surface area contributed by atoms with Crippen LogP contribution in [0.1, 0.15) is 41.5 Å². The molecule has 3 aliphatic rings. The minimum atomic E-state index is -3.81. The second-order valence-electron chi connectivity index (χ2n) is 8.19. The Hall–Kier alpha value is -1.41. The van der Waals surface area contributed by atoms with E-state index in [2.05, 4.69) is 5.32 Å². The molecular formula is C18H27NO6S. The van der Waals surface area contributed by atoms with Crippen LogP contribution in [0.4, 0.5) is 0 Å². The fourth-order valence-corrected chi connectivity index (χ4v) is 7.79. The zero-order valence-corrected chi connectivity index (χ0v) is 16.8. The average molecular weight is 385 g/mol. The van der Waals surface area contributed by atoms with Gasteiger partial charge in [-0.3, -0.25) is 13.8 Å². The lowest BCUT2D eigenvalue weighted by Crippen LogP contribution is -2.52. The summed E-state index contributed by atoms with van der Waals surface area (Å²) in [5.41, 5.74) is -0.751. The zero-order valence-electron chi connectivity index (χ0n) is 16.0. The molecule has 1 amide bonds. The van der Waals surface area contributed by atoms with Gasteiger partial charge < -0.3 is 10.1 Å². The van der Waals surface area contributed by atoms with Gasteiger partial charge in [0.1, 0.15) is 17.9 Å². The van der Waals surface area contributed by atoms with Gasteiger partial charge in [-0.2, -0.15) is 8.42 Å². The van der Waals surface area contributed by atoms with Crippen LogP contribution in [0.5, 0.6) is 0 Å². The van der Waals surface area contributed by atoms with Gasteiger partial charge in [-0.15, -0.1) is 0 Å². The Balaban J connectivity index is 1.81. The van der Waals surface area contributed by atoms with E-state index in [0.29, 0.717) is 5.57 Å². The molecule has 2 bridgehead atoms. The van der Waals surface area contributed by atoms with E-state index in [1.165, 1.54) is 0 Å². The normalized spacial score (nSPS) is 45.6. The largest absolute Gasteiger partial charge is 0.459 e. The third-order valence-electron chi connectivity index (χ3n) is 7.31. The molecule has 26 heavy (non-hydrogen) atoms. The van der Waals surface area contributed by atoms with Crippen molar-refractivity contribution >= 4 is 22.0 Å². The van der Waals surface area contributed by atoms with Crippen LogP contribution in [-0.4, -0.2) is 43.8 Å². The van der Waals surface area contributed by atoms with Gasteiger partial charge in [0.25, 0.3) is 10.1 Å². The van der Waals surface area contributed by atoms with Crippen molar-refractivity contribution in [3.05, 3.63) is 11.6 Å². The highest BCUT2D eigenvalue weighted by Crippen LogP contribution is 2.72. The molecule has 0 spiro atoms. The molecule has 7 nitrogen and oxygen atoms in total. The highest BCUT2D eigenvalue weighted by molar-refractivity contribution is 7.87. The lowest BCUT2D eigenvalue weighted by molar-refractivity contribution is -0.159. The highest BCUT2D eigenvalue weighted by atomic mass is 32.2. The van der Waals surface area contributed by atoms with E-state index >= 15 is 0 Å². The van der Waals surface area contributed by atoms with Gasteiger partial charge in [0.05, 0.1) is 5.60 Å². The summed E-state index contributed by atoms with van der Waals surface area (Å²) in [5, 5.41) is 1.65. The number of fused-ring (bicyclic) bond motifs is 1. The van der Waals surface area contributed by atoms with Gasteiger partial charge >= 0.3 is 5.97 Å². The molecule has 1 saturated heterocycles. The first-order valence-electron chi connectivity index (χ1n) is 8.96. The summed E-state index contributed by atoms with van der Waals surface area (Å²) in [7, 11) is -3.81. The van der Waals surface area contributed by atoms with Crippen LogP contribution in [0.2, 0.25) is 0 Å². The van der Waals surface area contributed by atoms with E-state index in [1.807, 2.05) is 27.7 Å². The van der Waals surface area contributed by atoms with Crippen molar-refractivity contribution < 1.29 is 26.9 Å². The number of esters is 1. The second kappa shape index (κ2) is 5.79. The monoisotopic (exact) mass is 385 g/mol. The predicted molar refractivity (Wildman–Crippen MR) is 94.4 cm³/mol. The number of carbonyl (C=O) groups is 2. The smallest absolute Gasteiger partial charge is 0.325 e. The van der Waals surface area contributed by atoms with Crippen LogP contribution in [0.3, 0.4) is 0 Å². The van der Waals surface area contributed by atoms with Crippen LogP contribution in [0.25, 0.3) is 0 Å². The minimum absolute atomic E-state index is 0.0439. The highest BCUT2D eigenvalue weighted by Gasteiger charge is 2.81. The lowest BCUT2D eigenvalue weighted by atomic mass is 9.68. The summed E-state index contributed by atoms with van der Waals surface area (Å²) in [6, 6.07) is 0. The summed E-state index contributed by atoms with van der Waals surface area (Å²) >= 11 is 0. The van der Waals surface area contributed by atoms with Crippen LogP contribution in [-0.2, 0) is 28.6 Å². The predicted octanol–water partition coefficient (Wildman–Crippen LogP) is 1.39. The number of rotatable bonds is 4. The third kappa shape index (κ3) is 2.30. The summed E-state index contributed by atoms with van der Waals surface area (Å²) < 4.78 is 36.4. The van der Waals surface area contributed by atoms with E-state index in [0.717, 1.165) is 0 Å². The van der Waals surface area contributed by atoms with Crippen LogP contribution < -0.4 is 5.32 Å². The zero-order chi connectivity index (χ0) is 19.7. The maximum atomic E-state index is 12.6. The standard InChI is InChI=1S/C18H27NO6S/c1-7-9(2)16(21)19-8-12(20)24-15-14-13-10(3)17(15,5)11(4)18(13,6)25-26(14,22)23/h7,10-11,13-15H,8H2,1-6H3,(H,19,21)/b9-7+. The van der Waals surface area contributed by atoms with Crippen molar-refractivity contribution in [3.8, 4) is 0 Å². The van der Waals surface area contributed by atoms with Gasteiger partial charge in [-0.1, -0.05) is 26.8 Å². The van der Waals surface area contributed by atoms with Crippen LogP contribution >= 0.6 is 0 Å². The number of nitrogens with one attached hydrogen (secondary N) is 1. The van der Waals surface area contributed by atoms with E-state index in [4.69, 9.17) is 8.92 Å². The van der Waals surface area contributed by atoms with Gasteiger partial charge in [0.2, 0.25) is 5.91 Å². The van der Waals surface area contributed by atoms with Crippen molar-refractivity contribution in [1.82, 2.24) is 5.32 Å². The van der Waals surface area contributed by atoms with Crippen LogP contribution in [0, 0.1) is 23.2 Å². The quantitative estimate of drug-likeness (QED) is 0.446. The number of ether oxygens (including phenoxy) is 1. The molecule has 1 aliphatic heterocycles. The minimum Gasteiger partial charge on any atom is -0.459 e. The fraction of sp³-hybridized carbons (Fsp3) is 0.778.